The molecule has 5 nitrogen and oxygen atoms in total. The lowest BCUT2D eigenvalue weighted by Gasteiger charge is -2.39. The summed E-state index contributed by atoms with van der Waals surface area (Å²) in [5.41, 5.74) is -0.238. The van der Waals surface area contributed by atoms with Crippen molar-refractivity contribution in [3.05, 3.63) is 0 Å². The Morgan fingerprint density at radius 2 is 1.89 bits per heavy atom. The normalized spacial score (nSPS) is 13.4. The maximum Gasteiger partial charge on any atom is 0.304 e. The van der Waals surface area contributed by atoms with Crippen molar-refractivity contribution in [1.82, 2.24) is 10.2 Å². The van der Waals surface area contributed by atoms with Crippen LogP contribution in [0.15, 0.2) is 0 Å². The summed E-state index contributed by atoms with van der Waals surface area (Å²) in [5.74, 6) is -0.886. The highest BCUT2D eigenvalue weighted by Crippen LogP contribution is 2.17. The van der Waals surface area contributed by atoms with Gasteiger partial charge in [-0.1, -0.05) is 6.92 Å². The Kier molecular flexibility index (Phi) is 6.91. The number of carbonyl (C=O) groups excluding carboxylic acids is 1. The largest absolute Gasteiger partial charge is 0.481 e. The van der Waals surface area contributed by atoms with E-state index < -0.39 is 5.97 Å². The molecular weight excluding hydrogens is 232 g/mol. The molecule has 0 saturated heterocycles. The van der Waals surface area contributed by atoms with Gasteiger partial charge < -0.3 is 10.4 Å². The highest BCUT2D eigenvalue weighted by atomic mass is 16.4. The van der Waals surface area contributed by atoms with Gasteiger partial charge in [0.1, 0.15) is 0 Å². The molecule has 0 spiro atoms. The molecule has 0 aromatic heterocycles. The van der Waals surface area contributed by atoms with E-state index in [0.29, 0.717) is 13.1 Å². The molecule has 1 unspecified atom stereocenters. The lowest BCUT2D eigenvalue weighted by atomic mass is 10.0. The summed E-state index contributed by atoms with van der Waals surface area (Å²) in [7, 11) is 0. The van der Waals surface area contributed by atoms with Gasteiger partial charge in [-0.25, -0.2) is 0 Å². The fraction of sp³-hybridized carbons (Fsp3) is 0.846. The van der Waals surface area contributed by atoms with Gasteiger partial charge in [0.15, 0.2) is 0 Å². The van der Waals surface area contributed by atoms with Crippen LogP contribution in [0.25, 0.3) is 0 Å². The van der Waals surface area contributed by atoms with E-state index in [2.05, 4.69) is 5.32 Å². The highest BCUT2D eigenvalue weighted by molar-refractivity contribution is 5.81. The van der Waals surface area contributed by atoms with Gasteiger partial charge in [-0.3, -0.25) is 14.5 Å². The Hall–Kier alpha value is -1.10. The Morgan fingerprint density at radius 1 is 1.33 bits per heavy atom. The summed E-state index contributed by atoms with van der Waals surface area (Å²) in [6.45, 7) is 10.8. The van der Waals surface area contributed by atoms with Crippen molar-refractivity contribution in [2.45, 2.75) is 59.0 Å². The van der Waals surface area contributed by atoms with E-state index in [1.54, 1.807) is 0 Å². The van der Waals surface area contributed by atoms with E-state index in [9.17, 15) is 9.59 Å². The number of aliphatic carboxylic acids is 1. The molecule has 0 aliphatic carbocycles. The second-order valence-corrected chi connectivity index (χ2v) is 5.47. The molecule has 0 aromatic carbocycles. The zero-order chi connectivity index (χ0) is 14.3. The van der Waals surface area contributed by atoms with E-state index in [4.69, 9.17) is 5.11 Å². The van der Waals surface area contributed by atoms with Crippen LogP contribution < -0.4 is 5.32 Å². The zero-order valence-corrected chi connectivity index (χ0v) is 12.1. The lowest BCUT2D eigenvalue weighted by Crippen LogP contribution is -2.53. The van der Waals surface area contributed by atoms with Crippen molar-refractivity contribution in [1.29, 1.82) is 0 Å². The van der Waals surface area contributed by atoms with Crippen molar-refractivity contribution >= 4 is 11.9 Å². The van der Waals surface area contributed by atoms with Gasteiger partial charge in [0, 0.05) is 18.6 Å². The first-order chi connectivity index (χ1) is 8.20. The lowest BCUT2D eigenvalue weighted by molar-refractivity contribution is -0.139. The number of carbonyl (C=O) groups is 2. The van der Waals surface area contributed by atoms with Crippen LogP contribution in [0, 0.1) is 0 Å². The summed E-state index contributed by atoms with van der Waals surface area (Å²) >= 11 is 0. The maximum atomic E-state index is 11.9. The minimum Gasteiger partial charge on any atom is -0.481 e. The highest BCUT2D eigenvalue weighted by Gasteiger charge is 2.30. The molecule has 0 aliphatic heterocycles. The number of hydrogen-bond acceptors (Lipinski definition) is 3. The third-order valence-corrected chi connectivity index (χ3v) is 2.82. The molecule has 0 rings (SSSR count). The van der Waals surface area contributed by atoms with E-state index in [1.807, 2.05) is 39.5 Å². The maximum absolute atomic E-state index is 11.9. The number of nitrogens with one attached hydrogen (secondary N) is 1. The summed E-state index contributed by atoms with van der Waals surface area (Å²) in [5, 5.41) is 11.6. The molecule has 5 heteroatoms. The SMILES string of the molecule is CCCNC(=O)C(C)N(CCC(=O)O)C(C)(C)C. The monoisotopic (exact) mass is 258 g/mol. The van der Waals surface area contributed by atoms with E-state index in [-0.39, 0.29) is 23.9 Å². The first kappa shape index (κ1) is 16.9. The van der Waals surface area contributed by atoms with Gasteiger partial charge in [0.05, 0.1) is 12.5 Å². The van der Waals surface area contributed by atoms with Crippen molar-refractivity contribution in [2.75, 3.05) is 13.1 Å². The van der Waals surface area contributed by atoms with Crippen molar-refractivity contribution in [3.63, 3.8) is 0 Å². The van der Waals surface area contributed by atoms with Crippen LogP contribution in [0.5, 0.6) is 0 Å². The molecule has 0 fully saturated rings. The van der Waals surface area contributed by atoms with E-state index in [0.717, 1.165) is 6.42 Å². The second kappa shape index (κ2) is 7.36. The summed E-state index contributed by atoms with van der Waals surface area (Å²) in [6.07, 6.45) is 0.936. The summed E-state index contributed by atoms with van der Waals surface area (Å²) < 4.78 is 0. The molecule has 1 atom stereocenters. The van der Waals surface area contributed by atoms with Gasteiger partial charge >= 0.3 is 5.97 Å². The van der Waals surface area contributed by atoms with Crippen molar-refractivity contribution in [3.8, 4) is 0 Å². The molecule has 0 saturated carbocycles. The molecule has 2 N–H and O–H groups in total. The topological polar surface area (TPSA) is 69.6 Å². The van der Waals surface area contributed by atoms with Crippen LogP contribution in [0.1, 0.15) is 47.5 Å². The van der Waals surface area contributed by atoms with Crippen LogP contribution in [0.4, 0.5) is 0 Å². The Labute approximate surface area is 110 Å². The quantitative estimate of drug-likeness (QED) is 0.725. The zero-order valence-electron chi connectivity index (χ0n) is 12.1. The van der Waals surface area contributed by atoms with E-state index >= 15 is 0 Å². The molecule has 0 bridgehead atoms. The number of rotatable bonds is 7. The third kappa shape index (κ3) is 6.00. The number of hydrogen-bond donors (Lipinski definition) is 2. The smallest absolute Gasteiger partial charge is 0.304 e. The number of carboxylic acid groups (broad SMARTS) is 1. The Bertz CT molecular complexity index is 284. The minimum absolute atomic E-state index is 0.0443. The summed E-state index contributed by atoms with van der Waals surface area (Å²) in [4.78, 5) is 24.5. The molecular formula is C13H26N2O3. The molecule has 106 valence electrons. The molecule has 18 heavy (non-hydrogen) atoms. The average Bonchev–Trinajstić information content (AvgIpc) is 2.23. The fourth-order valence-electron chi connectivity index (χ4n) is 1.86. The second-order valence-electron chi connectivity index (χ2n) is 5.47. The van der Waals surface area contributed by atoms with Crippen LogP contribution in [0.3, 0.4) is 0 Å². The van der Waals surface area contributed by atoms with Gasteiger partial charge in [-0.15, -0.1) is 0 Å². The molecule has 0 radical (unpaired) electrons. The van der Waals surface area contributed by atoms with Gasteiger partial charge in [-0.05, 0) is 34.1 Å². The number of carboxylic acids is 1. The molecule has 1 amide bonds. The standard InChI is InChI=1S/C13H26N2O3/c1-6-8-14-12(18)10(2)15(13(3,4)5)9-7-11(16)17/h10H,6-9H2,1-5H3,(H,14,18)(H,16,17). The van der Waals surface area contributed by atoms with Crippen LogP contribution in [-0.2, 0) is 9.59 Å². The molecule has 0 aromatic rings. The number of amides is 1. The van der Waals surface area contributed by atoms with Crippen LogP contribution >= 0.6 is 0 Å². The van der Waals surface area contributed by atoms with Crippen molar-refractivity contribution < 1.29 is 14.7 Å². The molecule has 0 heterocycles. The predicted molar refractivity (Wildman–Crippen MR) is 71.5 cm³/mol. The fourth-order valence-corrected chi connectivity index (χ4v) is 1.86. The van der Waals surface area contributed by atoms with Crippen LogP contribution in [-0.4, -0.2) is 46.6 Å². The predicted octanol–water partition coefficient (Wildman–Crippen LogP) is 1.48. The molecule has 0 aliphatic rings. The van der Waals surface area contributed by atoms with Crippen molar-refractivity contribution in [2.24, 2.45) is 0 Å². The van der Waals surface area contributed by atoms with Gasteiger partial charge in [0.2, 0.25) is 5.91 Å². The third-order valence-electron chi connectivity index (χ3n) is 2.82. The minimum atomic E-state index is -0.842. The van der Waals surface area contributed by atoms with Crippen LogP contribution in [0.2, 0.25) is 0 Å². The number of nitrogens with zero attached hydrogens (tertiary/aromatic N) is 1. The summed E-state index contributed by atoms with van der Waals surface area (Å²) in [6, 6.07) is -0.323. The first-order valence-corrected chi connectivity index (χ1v) is 6.46. The Balaban J connectivity index is 4.64. The van der Waals surface area contributed by atoms with Gasteiger partial charge in [-0.2, -0.15) is 0 Å². The van der Waals surface area contributed by atoms with Gasteiger partial charge in [0.25, 0.3) is 0 Å². The van der Waals surface area contributed by atoms with E-state index in [1.165, 1.54) is 0 Å². The Morgan fingerprint density at radius 3 is 2.28 bits per heavy atom. The first-order valence-electron chi connectivity index (χ1n) is 6.46. The average molecular weight is 258 g/mol.